The molecule has 2 aliphatic heterocycles. The van der Waals surface area contributed by atoms with E-state index in [1.54, 1.807) is 18.2 Å². The molecule has 2 aromatic rings. The first kappa shape index (κ1) is 15.1. The number of nitro benzene ring substituents is 1. The van der Waals surface area contributed by atoms with Crippen molar-refractivity contribution in [2.24, 2.45) is 5.92 Å². The molecular weight excluding hydrogens is 306 g/mol. The maximum absolute atomic E-state index is 12.0. The molecule has 1 aromatic carbocycles. The number of nitro groups is 1. The minimum absolute atomic E-state index is 0.103. The van der Waals surface area contributed by atoms with Gasteiger partial charge in [-0.05, 0) is 24.0 Å². The molecule has 0 saturated carbocycles. The van der Waals surface area contributed by atoms with Gasteiger partial charge in [0, 0.05) is 56.0 Å². The lowest BCUT2D eigenvalue weighted by atomic mass is 9.83. The van der Waals surface area contributed by atoms with Gasteiger partial charge in [-0.1, -0.05) is 18.2 Å². The predicted molar refractivity (Wildman–Crippen MR) is 89.9 cm³/mol. The van der Waals surface area contributed by atoms with Crippen molar-refractivity contribution in [3.8, 4) is 0 Å². The van der Waals surface area contributed by atoms with Crippen LogP contribution in [0.5, 0.6) is 0 Å². The van der Waals surface area contributed by atoms with Gasteiger partial charge >= 0.3 is 0 Å². The fourth-order valence-electron chi connectivity index (χ4n) is 4.11. The van der Waals surface area contributed by atoms with Gasteiger partial charge in [0.15, 0.2) is 0 Å². The van der Waals surface area contributed by atoms with Crippen LogP contribution in [0.2, 0.25) is 0 Å². The minimum Gasteiger partial charge on any atom is -0.312 e. The molecule has 0 amide bonds. The molecule has 1 saturated heterocycles. The Morgan fingerprint density at radius 3 is 2.62 bits per heavy atom. The van der Waals surface area contributed by atoms with Crippen LogP contribution in [0.25, 0.3) is 0 Å². The van der Waals surface area contributed by atoms with Crippen molar-refractivity contribution in [3.63, 3.8) is 0 Å². The number of piperidine rings is 1. The Morgan fingerprint density at radius 1 is 1.08 bits per heavy atom. The van der Waals surface area contributed by atoms with Gasteiger partial charge < -0.3 is 4.57 Å². The summed E-state index contributed by atoms with van der Waals surface area (Å²) in [5.41, 5.74) is 2.46. The number of hydrogen-bond donors (Lipinski definition) is 0. The molecule has 3 heterocycles. The Labute approximate surface area is 139 Å². The highest BCUT2D eigenvalue weighted by Crippen LogP contribution is 2.35. The second-order valence-electron chi connectivity index (χ2n) is 6.82. The molecule has 1 fully saturated rings. The summed E-state index contributed by atoms with van der Waals surface area (Å²) in [5, 5.41) is 10.7. The molecule has 0 N–H and O–H groups in total. The molecule has 2 aliphatic rings. The van der Waals surface area contributed by atoms with Gasteiger partial charge in [0.05, 0.1) is 4.92 Å². The molecule has 6 heteroatoms. The van der Waals surface area contributed by atoms with Crippen molar-refractivity contribution in [2.75, 3.05) is 13.1 Å². The number of nitrogens with zero attached hydrogens (tertiary/aromatic N) is 3. The number of hydrogen-bond acceptors (Lipinski definition) is 4. The van der Waals surface area contributed by atoms with Crippen LogP contribution in [0.15, 0.2) is 47.3 Å². The average Bonchev–Trinajstić information content (AvgIpc) is 2.56. The van der Waals surface area contributed by atoms with Crippen LogP contribution in [0.3, 0.4) is 0 Å². The number of fused-ring (bicyclic) bond motifs is 4. The van der Waals surface area contributed by atoms with E-state index in [2.05, 4.69) is 11.0 Å². The first-order valence-corrected chi connectivity index (χ1v) is 8.25. The van der Waals surface area contributed by atoms with E-state index in [1.165, 1.54) is 0 Å². The average molecular weight is 325 g/mol. The van der Waals surface area contributed by atoms with Gasteiger partial charge in [-0.3, -0.25) is 19.8 Å². The molecule has 0 unspecified atom stereocenters. The highest BCUT2D eigenvalue weighted by Gasteiger charge is 2.34. The summed E-state index contributed by atoms with van der Waals surface area (Å²) < 4.78 is 1.93. The third-order valence-electron chi connectivity index (χ3n) is 5.11. The monoisotopic (exact) mass is 325 g/mol. The van der Waals surface area contributed by atoms with Gasteiger partial charge in [-0.2, -0.15) is 0 Å². The van der Waals surface area contributed by atoms with Gasteiger partial charge in [0.25, 0.3) is 11.2 Å². The number of pyridine rings is 1. The number of benzene rings is 1. The Hall–Kier alpha value is -2.47. The smallest absolute Gasteiger partial charge is 0.269 e. The summed E-state index contributed by atoms with van der Waals surface area (Å²) in [5.74, 6) is 0.888. The third kappa shape index (κ3) is 2.73. The van der Waals surface area contributed by atoms with Crippen molar-refractivity contribution in [3.05, 3.63) is 74.2 Å². The van der Waals surface area contributed by atoms with Crippen LogP contribution in [-0.2, 0) is 13.1 Å². The molecule has 2 bridgehead atoms. The first-order chi connectivity index (χ1) is 11.6. The fourth-order valence-corrected chi connectivity index (χ4v) is 4.11. The van der Waals surface area contributed by atoms with Crippen LogP contribution in [0.1, 0.15) is 23.6 Å². The zero-order chi connectivity index (χ0) is 16.7. The van der Waals surface area contributed by atoms with Crippen LogP contribution in [0, 0.1) is 16.0 Å². The molecule has 0 radical (unpaired) electrons. The minimum atomic E-state index is -0.371. The van der Waals surface area contributed by atoms with E-state index in [0.717, 1.165) is 43.9 Å². The van der Waals surface area contributed by atoms with Crippen molar-refractivity contribution in [2.45, 2.75) is 25.4 Å². The maximum atomic E-state index is 12.0. The summed E-state index contributed by atoms with van der Waals surface area (Å²) in [6.07, 6.45) is 1.14. The number of non-ortho nitro benzene ring substituents is 1. The molecule has 124 valence electrons. The standard InChI is InChI=1S/C18H19N3O3/c22-18-3-1-2-17-15-8-14(11-20(17)18)10-19(12-15)9-13-4-6-16(7-5-13)21(23)24/h1-7,14-15H,8-12H2/t14-,15-/m1/s1. The topological polar surface area (TPSA) is 68.4 Å². The molecular formula is C18H19N3O3. The lowest BCUT2D eigenvalue weighted by molar-refractivity contribution is -0.384. The zero-order valence-corrected chi connectivity index (χ0v) is 13.3. The van der Waals surface area contributed by atoms with Crippen molar-refractivity contribution >= 4 is 5.69 Å². The largest absolute Gasteiger partial charge is 0.312 e. The van der Waals surface area contributed by atoms with E-state index in [9.17, 15) is 14.9 Å². The van der Waals surface area contributed by atoms with Crippen molar-refractivity contribution < 1.29 is 4.92 Å². The van der Waals surface area contributed by atoms with Crippen molar-refractivity contribution in [1.82, 2.24) is 9.47 Å². The van der Waals surface area contributed by atoms with Gasteiger partial charge in [0.2, 0.25) is 0 Å². The molecule has 4 rings (SSSR count). The molecule has 6 nitrogen and oxygen atoms in total. The van der Waals surface area contributed by atoms with E-state index in [4.69, 9.17) is 0 Å². The summed E-state index contributed by atoms with van der Waals surface area (Å²) in [4.78, 5) is 24.8. The van der Waals surface area contributed by atoms with Gasteiger partial charge in [0.1, 0.15) is 0 Å². The second kappa shape index (κ2) is 5.87. The van der Waals surface area contributed by atoms with Crippen LogP contribution in [0.4, 0.5) is 5.69 Å². The number of likely N-dealkylation sites (tertiary alicyclic amines) is 1. The van der Waals surface area contributed by atoms with E-state index in [0.29, 0.717) is 11.8 Å². The Balaban J connectivity index is 1.52. The van der Waals surface area contributed by atoms with E-state index >= 15 is 0 Å². The van der Waals surface area contributed by atoms with Crippen molar-refractivity contribution in [1.29, 1.82) is 0 Å². The summed E-state index contributed by atoms with van der Waals surface area (Å²) in [7, 11) is 0. The summed E-state index contributed by atoms with van der Waals surface area (Å²) >= 11 is 0. The lowest BCUT2D eigenvalue weighted by Crippen LogP contribution is -2.46. The Bertz CT molecular complexity index is 828. The molecule has 1 aromatic heterocycles. The summed E-state index contributed by atoms with van der Waals surface area (Å²) in [6.45, 7) is 3.48. The second-order valence-corrected chi connectivity index (χ2v) is 6.82. The normalized spacial score (nSPS) is 22.8. The SMILES string of the molecule is O=c1cccc2n1C[C@@H]1C[C@@H]2CN(Cc2ccc([N+](=O)[O-])cc2)C1. The quantitative estimate of drug-likeness (QED) is 0.642. The summed E-state index contributed by atoms with van der Waals surface area (Å²) in [6, 6.07) is 12.4. The predicted octanol–water partition coefficient (Wildman–Crippen LogP) is 2.38. The first-order valence-electron chi connectivity index (χ1n) is 8.25. The fraction of sp³-hybridized carbons (Fsp3) is 0.389. The molecule has 0 spiro atoms. The molecule has 2 atom stereocenters. The highest BCUT2D eigenvalue weighted by molar-refractivity contribution is 5.33. The van der Waals surface area contributed by atoms with Gasteiger partial charge in [-0.15, -0.1) is 0 Å². The van der Waals surface area contributed by atoms with E-state index < -0.39 is 0 Å². The molecule has 0 aliphatic carbocycles. The number of aromatic nitrogens is 1. The van der Waals surface area contributed by atoms with Crippen LogP contribution >= 0.6 is 0 Å². The zero-order valence-electron chi connectivity index (χ0n) is 13.3. The van der Waals surface area contributed by atoms with E-state index in [-0.39, 0.29) is 16.2 Å². The Morgan fingerprint density at radius 2 is 1.88 bits per heavy atom. The van der Waals surface area contributed by atoms with Gasteiger partial charge in [-0.25, -0.2) is 0 Å². The molecule has 24 heavy (non-hydrogen) atoms. The van der Waals surface area contributed by atoms with Crippen LogP contribution in [-0.4, -0.2) is 27.5 Å². The Kier molecular flexibility index (Phi) is 3.69. The number of rotatable bonds is 3. The maximum Gasteiger partial charge on any atom is 0.269 e. The van der Waals surface area contributed by atoms with Crippen LogP contribution < -0.4 is 5.56 Å². The van der Waals surface area contributed by atoms with E-state index in [1.807, 2.05) is 22.8 Å². The third-order valence-corrected chi connectivity index (χ3v) is 5.11. The highest BCUT2D eigenvalue weighted by atomic mass is 16.6. The lowest BCUT2D eigenvalue weighted by Gasteiger charge is -2.42.